The number of fused-ring (bicyclic) bond motifs is 1. The van der Waals surface area contributed by atoms with Crippen LogP contribution >= 0.6 is 0 Å². The zero-order valence-corrected chi connectivity index (χ0v) is 18.2. The second-order valence-corrected chi connectivity index (χ2v) is 7.86. The fourth-order valence-corrected chi connectivity index (χ4v) is 3.87. The first kappa shape index (κ1) is 20.8. The van der Waals surface area contributed by atoms with Crippen LogP contribution in [0.3, 0.4) is 0 Å². The van der Waals surface area contributed by atoms with Gasteiger partial charge in [0.1, 0.15) is 24.0 Å². The molecule has 7 heteroatoms. The highest BCUT2D eigenvalue weighted by Gasteiger charge is 2.20. The molecule has 0 amide bonds. The molecule has 2 heterocycles. The van der Waals surface area contributed by atoms with Crippen molar-refractivity contribution in [2.24, 2.45) is 0 Å². The maximum atomic E-state index is 12.0. The number of aryl methyl sites for hydroxylation is 2. The number of phenols is 1. The van der Waals surface area contributed by atoms with Gasteiger partial charge in [0.25, 0.3) is 0 Å². The van der Waals surface area contributed by atoms with Crippen molar-refractivity contribution < 1.29 is 9.52 Å². The third-order valence-corrected chi connectivity index (χ3v) is 5.90. The second kappa shape index (κ2) is 8.35. The van der Waals surface area contributed by atoms with Crippen LogP contribution in [0, 0.1) is 6.92 Å². The number of rotatable bonds is 6. The molecular formula is C24H26N4O3. The van der Waals surface area contributed by atoms with Gasteiger partial charge in [-0.05, 0) is 62.2 Å². The van der Waals surface area contributed by atoms with Crippen molar-refractivity contribution >= 4 is 11.0 Å². The van der Waals surface area contributed by atoms with Crippen molar-refractivity contribution in [3.05, 3.63) is 81.7 Å². The quantitative estimate of drug-likeness (QED) is 0.474. The number of nitrogens with zero attached hydrogens (tertiary/aromatic N) is 4. The van der Waals surface area contributed by atoms with E-state index in [1.807, 2.05) is 39.1 Å². The van der Waals surface area contributed by atoms with E-state index in [1.54, 1.807) is 11.0 Å². The molecule has 0 bridgehead atoms. The molecule has 0 spiro atoms. The van der Waals surface area contributed by atoms with Crippen LogP contribution in [0.5, 0.6) is 5.75 Å². The lowest BCUT2D eigenvalue weighted by Gasteiger charge is -2.26. The highest BCUT2D eigenvalue weighted by atomic mass is 16.4. The zero-order chi connectivity index (χ0) is 22.1. The summed E-state index contributed by atoms with van der Waals surface area (Å²) >= 11 is 0. The van der Waals surface area contributed by atoms with E-state index in [2.05, 4.69) is 34.0 Å². The highest BCUT2D eigenvalue weighted by molar-refractivity contribution is 5.86. The molecule has 2 aromatic heterocycles. The minimum Gasteiger partial charge on any atom is -0.507 e. The predicted molar refractivity (Wildman–Crippen MR) is 120 cm³/mol. The first-order valence-corrected chi connectivity index (χ1v) is 10.3. The second-order valence-electron chi connectivity index (χ2n) is 7.86. The first-order chi connectivity index (χ1) is 14.9. The summed E-state index contributed by atoms with van der Waals surface area (Å²) in [6.45, 7) is 6.44. The Morgan fingerprint density at radius 3 is 2.61 bits per heavy atom. The van der Waals surface area contributed by atoms with E-state index in [-0.39, 0.29) is 11.8 Å². The van der Waals surface area contributed by atoms with Crippen LogP contribution in [-0.2, 0) is 13.0 Å². The van der Waals surface area contributed by atoms with Crippen LogP contribution < -0.4 is 5.63 Å². The highest BCUT2D eigenvalue weighted by Crippen LogP contribution is 2.34. The first-order valence-electron chi connectivity index (χ1n) is 10.3. The Kier molecular flexibility index (Phi) is 5.61. The van der Waals surface area contributed by atoms with Gasteiger partial charge in [-0.25, -0.2) is 14.5 Å². The third kappa shape index (κ3) is 3.96. The van der Waals surface area contributed by atoms with Crippen molar-refractivity contribution in [3.8, 4) is 11.4 Å². The number of aromatic hydroxyl groups is 1. The van der Waals surface area contributed by atoms with Crippen molar-refractivity contribution in [3.63, 3.8) is 0 Å². The van der Waals surface area contributed by atoms with Gasteiger partial charge in [0, 0.05) is 24.0 Å². The largest absolute Gasteiger partial charge is 0.507 e. The number of aromatic nitrogens is 3. The van der Waals surface area contributed by atoms with E-state index in [0.717, 1.165) is 27.8 Å². The molecular weight excluding hydrogens is 392 g/mol. The molecule has 0 radical (unpaired) electrons. The van der Waals surface area contributed by atoms with Crippen LogP contribution in [0.15, 0.2) is 58.3 Å². The molecule has 1 N–H and O–H groups in total. The normalized spacial score (nSPS) is 12.5. The maximum Gasteiger partial charge on any atom is 0.336 e. The number of benzene rings is 2. The van der Waals surface area contributed by atoms with Crippen molar-refractivity contribution in [2.45, 2.75) is 39.8 Å². The molecule has 2 aromatic carbocycles. The summed E-state index contributed by atoms with van der Waals surface area (Å²) in [4.78, 5) is 18.1. The average Bonchev–Trinajstić information content (AvgIpc) is 3.30. The summed E-state index contributed by atoms with van der Waals surface area (Å²) in [5.41, 5.74) is 4.45. The van der Waals surface area contributed by atoms with E-state index < -0.39 is 5.63 Å². The molecule has 0 saturated carbocycles. The summed E-state index contributed by atoms with van der Waals surface area (Å²) in [7, 11) is 1.99. The minimum atomic E-state index is -0.408. The van der Waals surface area contributed by atoms with Crippen LogP contribution in [0.25, 0.3) is 16.7 Å². The van der Waals surface area contributed by atoms with Crippen LogP contribution in [-0.4, -0.2) is 31.8 Å². The molecule has 0 aliphatic rings. The number of phenolic OH excluding ortho intramolecular Hbond substituents is 1. The average molecular weight is 418 g/mol. The molecule has 31 heavy (non-hydrogen) atoms. The molecule has 4 rings (SSSR count). The third-order valence-electron chi connectivity index (χ3n) is 5.90. The summed E-state index contributed by atoms with van der Waals surface area (Å²) < 4.78 is 7.25. The van der Waals surface area contributed by atoms with Crippen molar-refractivity contribution in [1.82, 2.24) is 19.7 Å². The Bertz CT molecular complexity index is 1260. The van der Waals surface area contributed by atoms with E-state index in [0.29, 0.717) is 24.1 Å². The molecule has 0 saturated heterocycles. The van der Waals surface area contributed by atoms with Gasteiger partial charge in [-0.1, -0.05) is 19.1 Å². The summed E-state index contributed by atoms with van der Waals surface area (Å²) in [6.07, 6.45) is 3.86. The van der Waals surface area contributed by atoms with Crippen molar-refractivity contribution in [2.75, 3.05) is 7.05 Å². The summed E-state index contributed by atoms with van der Waals surface area (Å²) in [6, 6.07) is 11.6. The van der Waals surface area contributed by atoms with Gasteiger partial charge in [0.2, 0.25) is 0 Å². The molecule has 0 aliphatic carbocycles. The molecule has 1 atom stereocenters. The van der Waals surface area contributed by atoms with Gasteiger partial charge in [0.05, 0.1) is 11.3 Å². The van der Waals surface area contributed by atoms with Gasteiger partial charge < -0.3 is 9.52 Å². The maximum absolute atomic E-state index is 12.0. The Morgan fingerprint density at radius 2 is 1.97 bits per heavy atom. The van der Waals surface area contributed by atoms with E-state index >= 15 is 0 Å². The zero-order valence-electron chi connectivity index (χ0n) is 18.2. The number of hydrogen-bond donors (Lipinski definition) is 1. The molecule has 0 aliphatic heterocycles. The van der Waals surface area contributed by atoms with E-state index in [4.69, 9.17) is 4.42 Å². The van der Waals surface area contributed by atoms with Gasteiger partial charge in [0.15, 0.2) is 0 Å². The lowest BCUT2D eigenvalue weighted by molar-refractivity contribution is 0.249. The molecule has 7 nitrogen and oxygen atoms in total. The molecule has 0 unspecified atom stereocenters. The SMILES string of the molecule is CCc1cc2c(C)cc(=O)oc2c(CN(C)[C@H](C)c2ccc(-n3cncn3)cc2)c1O. The topological polar surface area (TPSA) is 84.4 Å². The Balaban J connectivity index is 1.67. The minimum absolute atomic E-state index is 0.0704. The van der Waals surface area contributed by atoms with E-state index in [1.165, 1.54) is 12.4 Å². The summed E-state index contributed by atoms with van der Waals surface area (Å²) in [5.74, 6) is 0.198. The Morgan fingerprint density at radius 1 is 1.23 bits per heavy atom. The fraction of sp³-hybridized carbons (Fsp3) is 0.292. The Labute approximate surface area is 180 Å². The molecule has 4 aromatic rings. The fourth-order valence-electron chi connectivity index (χ4n) is 3.87. The van der Waals surface area contributed by atoms with Gasteiger partial charge in [-0.3, -0.25) is 4.90 Å². The van der Waals surface area contributed by atoms with Crippen LogP contribution in [0.1, 0.15) is 42.1 Å². The van der Waals surface area contributed by atoms with Crippen LogP contribution in [0.4, 0.5) is 0 Å². The summed E-state index contributed by atoms with van der Waals surface area (Å²) in [5, 5.41) is 15.9. The molecule has 160 valence electrons. The predicted octanol–water partition coefficient (Wildman–Crippen LogP) is 4.14. The van der Waals surface area contributed by atoms with E-state index in [9.17, 15) is 9.90 Å². The van der Waals surface area contributed by atoms with Crippen LogP contribution in [0.2, 0.25) is 0 Å². The van der Waals surface area contributed by atoms with Gasteiger partial charge in [-0.15, -0.1) is 0 Å². The standard InChI is InChI=1S/C24H26N4O3/c1-5-17-11-20-15(2)10-22(29)31-24(20)21(23(17)30)12-27(4)16(3)18-6-8-19(9-7-18)28-14-25-13-26-28/h6-11,13-14,16,30H,5,12H2,1-4H3/t16-/m1/s1. The monoisotopic (exact) mass is 418 g/mol. The van der Waals surface area contributed by atoms with Crippen molar-refractivity contribution in [1.29, 1.82) is 0 Å². The number of hydrogen-bond acceptors (Lipinski definition) is 6. The Hall–Kier alpha value is -3.45. The van der Waals surface area contributed by atoms with Gasteiger partial charge >= 0.3 is 5.63 Å². The lowest BCUT2D eigenvalue weighted by atomic mass is 9.99. The lowest BCUT2D eigenvalue weighted by Crippen LogP contribution is -2.22. The smallest absolute Gasteiger partial charge is 0.336 e. The van der Waals surface area contributed by atoms with Gasteiger partial charge in [-0.2, -0.15) is 5.10 Å². The molecule has 0 fully saturated rings.